The van der Waals surface area contributed by atoms with Crippen molar-refractivity contribution < 1.29 is 13.5 Å². The van der Waals surface area contributed by atoms with Crippen molar-refractivity contribution in [1.29, 1.82) is 0 Å². The normalized spacial score (nSPS) is 13.1. The number of alkyl halides is 1. The number of hydrogen-bond donors (Lipinski definition) is 0. The number of benzene rings is 1. The maximum absolute atomic E-state index is 14.6. The Kier molecular flexibility index (Phi) is 5.03. The van der Waals surface area contributed by atoms with Gasteiger partial charge >= 0.3 is 0 Å². The van der Waals surface area contributed by atoms with E-state index in [0.29, 0.717) is 17.0 Å². The zero-order chi connectivity index (χ0) is 17.0. The molecule has 0 spiro atoms. The molecule has 1 atom stereocenters. The summed E-state index contributed by atoms with van der Waals surface area (Å²) in [5, 5.41) is 3.18. The molecule has 0 amide bonds. The van der Waals surface area contributed by atoms with Gasteiger partial charge in [0.15, 0.2) is 5.67 Å². The van der Waals surface area contributed by atoms with Gasteiger partial charge in [-0.3, -0.25) is 0 Å². The third kappa shape index (κ3) is 3.70. The Morgan fingerprint density at radius 3 is 2.74 bits per heavy atom. The minimum absolute atomic E-state index is 0.0705. The predicted molar refractivity (Wildman–Crippen MR) is 83.7 cm³/mol. The Labute approximate surface area is 136 Å². The lowest BCUT2D eigenvalue weighted by Gasteiger charge is -2.19. The highest BCUT2D eigenvalue weighted by atomic mass is 35.5. The fourth-order valence-corrected chi connectivity index (χ4v) is 2.18. The average Bonchev–Trinajstić information content (AvgIpc) is 2.55. The summed E-state index contributed by atoms with van der Waals surface area (Å²) < 4.78 is 33.2. The van der Waals surface area contributed by atoms with Crippen LogP contribution in [-0.4, -0.2) is 18.6 Å². The first kappa shape index (κ1) is 17.0. The Morgan fingerprint density at radius 2 is 2.13 bits per heavy atom. The highest BCUT2D eigenvalue weighted by Crippen LogP contribution is 2.34. The molecule has 1 heterocycles. The van der Waals surface area contributed by atoms with Crippen molar-refractivity contribution in [2.75, 3.05) is 13.7 Å². The summed E-state index contributed by atoms with van der Waals surface area (Å²) in [4.78, 5) is 6.80. The van der Waals surface area contributed by atoms with E-state index in [9.17, 15) is 8.78 Å². The molecule has 0 radical (unpaired) electrons. The van der Waals surface area contributed by atoms with Crippen LogP contribution in [0, 0.1) is 5.82 Å². The number of aromatic nitrogens is 1. The molecular weight excluding hydrogens is 326 g/mol. The lowest BCUT2D eigenvalue weighted by molar-refractivity contribution is 0.196. The number of hydrogen-bond acceptors (Lipinski definition) is 3. The van der Waals surface area contributed by atoms with Crippen LogP contribution in [0.15, 0.2) is 35.4 Å². The summed E-state index contributed by atoms with van der Waals surface area (Å²) in [5.41, 5.74) is 7.27. The van der Waals surface area contributed by atoms with Crippen LogP contribution in [0.2, 0.25) is 5.02 Å². The van der Waals surface area contributed by atoms with Crippen molar-refractivity contribution in [2.24, 2.45) is 5.11 Å². The average molecular weight is 339 g/mol. The largest absolute Gasteiger partial charge is 0.494 e. The number of methoxy groups -OCH3 is 1. The molecule has 8 heteroatoms. The lowest BCUT2D eigenvalue weighted by atomic mass is 10.0. The summed E-state index contributed by atoms with van der Waals surface area (Å²) >= 11 is 5.78. The van der Waals surface area contributed by atoms with Gasteiger partial charge in [-0.2, -0.15) is 0 Å². The molecule has 120 valence electrons. The number of rotatable bonds is 5. The summed E-state index contributed by atoms with van der Waals surface area (Å²) in [6.07, 6.45) is 0. The minimum Gasteiger partial charge on any atom is -0.494 e. The molecule has 0 aliphatic rings. The van der Waals surface area contributed by atoms with E-state index in [1.807, 2.05) is 0 Å². The first-order valence-electron chi connectivity index (χ1n) is 6.60. The molecule has 5 nitrogen and oxygen atoms in total. The molecule has 0 N–H and O–H groups in total. The Morgan fingerprint density at radius 1 is 1.39 bits per heavy atom. The van der Waals surface area contributed by atoms with Gasteiger partial charge in [0.25, 0.3) is 0 Å². The van der Waals surface area contributed by atoms with Gasteiger partial charge in [-0.25, -0.2) is 13.8 Å². The van der Waals surface area contributed by atoms with Gasteiger partial charge < -0.3 is 4.74 Å². The molecule has 1 aromatic carbocycles. The van der Waals surface area contributed by atoms with E-state index < -0.39 is 18.0 Å². The summed E-state index contributed by atoms with van der Waals surface area (Å²) in [5.74, 6) is -0.180. The molecule has 2 aromatic rings. The molecule has 0 bridgehead atoms. The second-order valence-corrected chi connectivity index (χ2v) is 5.37. The van der Waals surface area contributed by atoms with Gasteiger partial charge in [0, 0.05) is 10.5 Å². The molecule has 0 fully saturated rings. The fraction of sp³-hybridized carbons (Fsp3) is 0.267. The van der Waals surface area contributed by atoms with E-state index in [1.54, 1.807) is 6.07 Å². The van der Waals surface area contributed by atoms with E-state index in [1.165, 1.54) is 38.3 Å². The first-order chi connectivity index (χ1) is 10.9. The van der Waals surface area contributed by atoms with E-state index in [4.69, 9.17) is 21.9 Å². The van der Waals surface area contributed by atoms with Crippen LogP contribution in [0.1, 0.15) is 12.6 Å². The quantitative estimate of drug-likeness (QED) is 0.435. The molecular formula is C15H13ClF2N4O. The van der Waals surface area contributed by atoms with Crippen LogP contribution >= 0.6 is 11.6 Å². The van der Waals surface area contributed by atoms with E-state index >= 15 is 0 Å². The molecule has 1 unspecified atom stereocenters. The SMILES string of the molecule is COc1ccc(C(C)(F)CN=[N+]=[N-])nc1-c1ccc(F)c(Cl)c1. The molecule has 1 aromatic heterocycles. The standard InChI is InChI=1S/C15H13ClF2N4O/c1-15(18,8-20-22-19)13-6-5-12(23-2)14(21-13)9-3-4-11(17)10(16)7-9/h3-7H,8H2,1-2H3. The van der Waals surface area contributed by atoms with Crippen molar-refractivity contribution in [3.05, 3.63) is 57.3 Å². The van der Waals surface area contributed by atoms with Crippen molar-refractivity contribution in [3.63, 3.8) is 0 Å². The number of ether oxygens (including phenoxy) is 1. The third-order valence-electron chi connectivity index (χ3n) is 3.24. The topological polar surface area (TPSA) is 70.9 Å². The lowest BCUT2D eigenvalue weighted by Crippen LogP contribution is -2.21. The molecule has 2 rings (SSSR count). The van der Waals surface area contributed by atoms with Crippen molar-refractivity contribution in [2.45, 2.75) is 12.6 Å². The van der Waals surface area contributed by atoms with E-state index in [0.717, 1.165) is 0 Å². The van der Waals surface area contributed by atoms with Crippen molar-refractivity contribution in [1.82, 2.24) is 4.98 Å². The van der Waals surface area contributed by atoms with E-state index in [2.05, 4.69) is 15.0 Å². The molecule has 23 heavy (non-hydrogen) atoms. The molecule has 0 saturated carbocycles. The van der Waals surface area contributed by atoms with E-state index in [-0.39, 0.29) is 10.7 Å². The first-order valence-corrected chi connectivity index (χ1v) is 6.97. The Balaban J connectivity index is 2.55. The van der Waals surface area contributed by atoms with Crippen molar-refractivity contribution >= 4 is 11.6 Å². The van der Waals surface area contributed by atoms with Gasteiger partial charge in [-0.15, -0.1) is 0 Å². The van der Waals surface area contributed by atoms with Crippen LogP contribution in [0.5, 0.6) is 5.75 Å². The molecule has 0 aliphatic carbocycles. The van der Waals surface area contributed by atoms with Crippen molar-refractivity contribution in [3.8, 4) is 17.0 Å². The van der Waals surface area contributed by atoms with Crippen LogP contribution in [-0.2, 0) is 5.67 Å². The third-order valence-corrected chi connectivity index (χ3v) is 3.53. The van der Waals surface area contributed by atoms with Crippen LogP contribution < -0.4 is 4.74 Å². The molecule has 0 aliphatic heterocycles. The zero-order valence-corrected chi connectivity index (χ0v) is 13.2. The molecule has 0 saturated heterocycles. The number of nitrogens with zero attached hydrogens (tertiary/aromatic N) is 4. The maximum atomic E-state index is 14.6. The van der Waals surface area contributed by atoms with Crippen LogP contribution in [0.25, 0.3) is 21.7 Å². The summed E-state index contributed by atoms with van der Waals surface area (Å²) in [6, 6.07) is 7.04. The van der Waals surface area contributed by atoms with Gasteiger partial charge in [0.1, 0.15) is 17.3 Å². The highest BCUT2D eigenvalue weighted by molar-refractivity contribution is 6.31. The van der Waals surface area contributed by atoms with Gasteiger partial charge in [0.2, 0.25) is 0 Å². The monoisotopic (exact) mass is 338 g/mol. The number of azide groups is 1. The zero-order valence-electron chi connectivity index (χ0n) is 12.4. The number of halogens is 3. The Hall–Kier alpha value is -2.37. The Bertz CT molecular complexity index is 776. The predicted octanol–water partition coefficient (Wildman–Crippen LogP) is 5.04. The van der Waals surface area contributed by atoms with Gasteiger partial charge in [-0.05, 0) is 42.8 Å². The summed E-state index contributed by atoms with van der Waals surface area (Å²) in [7, 11) is 1.44. The van der Waals surface area contributed by atoms with Gasteiger partial charge in [0.05, 0.1) is 24.4 Å². The number of pyridine rings is 1. The smallest absolute Gasteiger partial charge is 0.155 e. The summed E-state index contributed by atoms with van der Waals surface area (Å²) in [6.45, 7) is 0.865. The van der Waals surface area contributed by atoms with Crippen LogP contribution in [0.4, 0.5) is 8.78 Å². The highest BCUT2D eigenvalue weighted by Gasteiger charge is 2.28. The van der Waals surface area contributed by atoms with Gasteiger partial charge in [-0.1, -0.05) is 16.7 Å². The van der Waals surface area contributed by atoms with Crippen LogP contribution in [0.3, 0.4) is 0 Å². The second kappa shape index (κ2) is 6.81. The maximum Gasteiger partial charge on any atom is 0.155 e. The second-order valence-electron chi connectivity index (χ2n) is 4.96. The minimum atomic E-state index is -1.95. The fourth-order valence-electron chi connectivity index (χ4n) is 2.00.